The highest BCUT2D eigenvalue weighted by molar-refractivity contribution is 6.39. The highest BCUT2D eigenvalue weighted by atomic mass is 19.1. The summed E-state index contributed by atoms with van der Waals surface area (Å²) in [6.07, 6.45) is 1.37. The zero-order valence-corrected chi connectivity index (χ0v) is 17.7. The van der Waals surface area contributed by atoms with Gasteiger partial charge in [-0.15, -0.1) is 0 Å². The summed E-state index contributed by atoms with van der Waals surface area (Å²) in [6.45, 7) is -0.271. The smallest absolute Gasteiger partial charge is 0.335 e. The van der Waals surface area contributed by atoms with Crippen molar-refractivity contribution >= 4 is 41.2 Å². The number of carbonyl (C=O) groups is 4. The first-order chi connectivity index (χ1) is 16.4. The number of barbiturate groups is 1. The van der Waals surface area contributed by atoms with Crippen molar-refractivity contribution < 1.29 is 28.3 Å². The SMILES string of the molecule is O=C(COc1ccc(/C=C2/C(=O)NC(=O)N(c3ccccc3)C2=O)cc1)Nc1ccc(F)cc1. The molecule has 0 unspecified atom stereocenters. The summed E-state index contributed by atoms with van der Waals surface area (Å²) in [5, 5.41) is 4.75. The van der Waals surface area contributed by atoms with E-state index in [4.69, 9.17) is 4.74 Å². The van der Waals surface area contributed by atoms with Crippen LogP contribution < -0.4 is 20.3 Å². The number of benzene rings is 3. The summed E-state index contributed by atoms with van der Waals surface area (Å²) in [6, 6.07) is 19.1. The van der Waals surface area contributed by atoms with E-state index in [1.807, 2.05) is 0 Å². The maximum absolute atomic E-state index is 12.9. The van der Waals surface area contributed by atoms with Crippen molar-refractivity contribution in [2.24, 2.45) is 0 Å². The van der Waals surface area contributed by atoms with E-state index in [9.17, 15) is 23.6 Å². The van der Waals surface area contributed by atoms with E-state index in [-0.39, 0.29) is 12.2 Å². The van der Waals surface area contributed by atoms with Gasteiger partial charge in [-0.05, 0) is 60.2 Å². The van der Waals surface area contributed by atoms with Gasteiger partial charge in [-0.25, -0.2) is 14.1 Å². The Morgan fingerprint density at radius 3 is 2.29 bits per heavy atom. The highest BCUT2D eigenvalue weighted by Crippen LogP contribution is 2.22. The van der Waals surface area contributed by atoms with E-state index in [0.717, 1.165) is 4.90 Å². The maximum Gasteiger partial charge on any atom is 0.335 e. The summed E-state index contributed by atoms with van der Waals surface area (Å²) in [7, 11) is 0. The predicted molar refractivity (Wildman–Crippen MR) is 122 cm³/mol. The first kappa shape index (κ1) is 22.4. The van der Waals surface area contributed by atoms with E-state index in [2.05, 4.69) is 10.6 Å². The Morgan fingerprint density at radius 2 is 1.62 bits per heavy atom. The van der Waals surface area contributed by atoms with Gasteiger partial charge in [0.25, 0.3) is 17.7 Å². The number of nitrogens with zero attached hydrogens (tertiary/aromatic N) is 1. The molecule has 34 heavy (non-hydrogen) atoms. The van der Waals surface area contributed by atoms with Crippen LogP contribution in [0.1, 0.15) is 5.56 Å². The van der Waals surface area contributed by atoms with E-state index < -0.39 is 29.6 Å². The van der Waals surface area contributed by atoms with Gasteiger partial charge in [-0.2, -0.15) is 0 Å². The van der Waals surface area contributed by atoms with Crippen LogP contribution in [0.5, 0.6) is 5.75 Å². The Morgan fingerprint density at radius 1 is 0.941 bits per heavy atom. The number of hydrogen-bond donors (Lipinski definition) is 2. The standard InChI is InChI=1S/C25H18FN3O5/c26-17-8-10-18(11-9-17)27-22(30)15-34-20-12-6-16(7-13-20)14-21-23(31)28-25(33)29(24(21)32)19-4-2-1-3-5-19/h1-14H,15H2,(H,27,30)(H,28,31,33)/b21-14-. The lowest BCUT2D eigenvalue weighted by Gasteiger charge is -2.26. The van der Waals surface area contributed by atoms with Crippen molar-refractivity contribution in [2.75, 3.05) is 16.8 Å². The van der Waals surface area contributed by atoms with Crippen molar-refractivity contribution in [3.63, 3.8) is 0 Å². The summed E-state index contributed by atoms with van der Waals surface area (Å²) in [5.74, 6) is -1.97. The van der Waals surface area contributed by atoms with E-state index in [1.54, 1.807) is 54.6 Å². The van der Waals surface area contributed by atoms with Gasteiger partial charge >= 0.3 is 6.03 Å². The molecule has 0 bridgehead atoms. The minimum absolute atomic E-state index is 0.198. The normalized spacial score (nSPS) is 14.7. The first-order valence-electron chi connectivity index (χ1n) is 10.2. The Kier molecular flexibility index (Phi) is 6.45. The van der Waals surface area contributed by atoms with Crippen LogP contribution in [-0.2, 0) is 14.4 Å². The molecule has 170 valence electrons. The number of rotatable bonds is 6. The Hall–Kier alpha value is -4.79. The maximum atomic E-state index is 12.9. The van der Waals surface area contributed by atoms with Crippen LogP contribution in [0.3, 0.4) is 0 Å². The second-order valence-corrected chi connectivity index (χ2v) is 7.21. The van der Waals surface area contributed by atoms with Crippen LogP contribution >= 0.6 is 0 Å². The summed E-state index contributed by atoms with van der Waals surface area (Å²) < 4.78 is 18.4. The number of nitrogens with one attached hydrogen (secondary N) is 2. The molecule has 3 aromatic carbocycles. The molecule has 0 spiro atoms. The Balaban J connectivity index is 1.41. The average Bonchev–Trinajstić information content (AvgIpc) is 2.83. The molecule has 0 atom stereocenters. The molecule has 3 aromatic rings. The fourth-order valence-electron chi connectivity index (χ4n) is 3.18. The molecule has 1 saturated heterocycles. The number of urea groups is 1. The zero-order chi connectivity index (χ0) is 24.1. The van der Waals surface area contributed by atoms with Gasteiger partial charge in [0.2, 0.25) is 0 Å². The molecular weight excluding hydrogens is 441 g/mol. The second-order valence-electron chi connectivity index (χ2n) is 7.21. The van der Waals surface area contributed by atoms with Crippen LogP contribution in [0.4, 0.5) is 20.6 Å². The number of para-hydroxylation sites is 1. The molecule has 8 nitrogen and oxygen atoms in total. The van der Waals surface area contributed by atoms with Crippen LogP contribution in [0.2, 0.25) is 0 Å². The fraction of sp³-hybridized carbons (Fsp3) is 0.0400. The first-order valence-corrected chi connectivity index (χ1v) is 10.2. The summed E-state index contributed by atoms with van der Waals surface area (Å²) in [5.41, 5.74) is 1.10. The van der Waals surface area contributed by atoms with Crippen molar-refractivity contribution in [3.8, 4) is 5.75 Å². The van der Waals surface area contributed by atoms with Gasteiger partial charge in [-0.1, -0.05) is 30.3 Å². The van der Waals surface area contributed by atoms with Crippen molar-refractivity contribution in [2.45, 2.75) is 0 Å². The van der Waals surface area contributed by atoms with Crippen molar-refractivity contribution in [1.82, 2.24) is 5.32 Å². The van der Waals surface area contributed by atoms with Gasteiger partial charge in [-0.3, -0.25) is 19.7 Å². The minimum atomic E-state index is -0.819. The van der Waals surface area contributed by atoms with Crippen LogP contribution in [-0.4, -0.2) is 30.4 Å². The molecule has 1 fully saturated rings. The molecule has 1 aliphatic heterocycles. The van der Waals surface area contributed by atoms with E-state index >= 15 is 0 Å². The van der Waals surface area contributed by atoms with Crippen LogP contribution in [0, 0.1) is 5.82 Å². The van der Waals surface area contributed by atoms with E-state index in [1.165, 1.54) is 30.3 Å². The van der Waals surface area contributed by atoms with Gasteiger partial charge in [0.05, 0.1) is 5.69 Å². The molecule has 1 aliphatic rings. The highest BCUT2D eigenvalue weighted by Gasteiger charge is 2.36. The third-order valence-electron chi connectivity index (χ3n) is 4.81. The van der Waals surface area contributed by atoms with Gasteiger partial charge in [0.1, 0.15) is 17.1 Å². The average molecular weight is 459 g/mol. The lowest BCUT2D eigenvalue weighted by atomic mass is 10.1. The quantitative estimate of drug-likeness (QED) is 0.434. The van der Waals surface area contributed by atoms with Gasteiger partial charge in [0, 0.05) is 5.69 Å². The Bertz CT molecular complexity index is 1270. The van der Waals surface area contributed by atoms with Crippen LogP contribution in [0.25, 0.3) is 6.08 Å². The molecule has 2 N–H and O–H groups in total. The molecule has 0 aromatic heterocycles. The third-order valence-corrected chi connectivity index (χ3v) is 4.81. The number of ether oxygens (including phenoxy) is 1. The van der Waals surface area contributed by atoms with Crippen molar-refractivity contribution in [1.29, 1.82) is 0 Å². The van der Waals surface area contributed by atoms with Crippen molar-refractivity contribution in [3.05, 3.63) is 95.8 Å². The minimum Gasteiger partial charge on any atom is -0.484 e. The zero-order valence-electron chi connectivity index (χ0n) is 17.7. The molecule has 0 radical (unpaired) electrons. The molecule has 5 amide bonds. The number of imide groups is 2. The number of hydrogen-bond acceptors (Lipinski definition) is 5. The fourth-order valence-corrected chi connectivity index (χ4v) is 3.18. The number of carbonyl (C=O) groups excluding carboxylic acids is 4. The molecule has 0 aliphatic carbocycles. The molecule has 9 heteroatoms. The monoisotopic (exact) mass is 459 g/mol. The largest absolute Gasteiger partial charge is 0.484 e. The lowest BCUT2D eigenvalue weighted by molar-refractivity contribution is -0.122. The van der Waals surface area contributed by atoms with E-state index in [0.29, 0.717) is 22.7 Å². The predicted octanol–water partition coefficient (Wildman–Crippen LogP) is 3.51. The summed E-state index contributed by atoms with van der Waals surface area (Å²) in [4.78, 5) is 50.2. The second kappa shape index (κ2) is 9.78. The topological polar surface area (TPSA) is 105 Å². The molecule has 0 saturated carbocycles. The van der Waals surface area contributed by atoms with Crippen LogP contribution in [0.15, 0.2) is 84.4 Å². The number of anilines is 2. The number of halogens is 1. The third kappa shape index (κ3) is 5.16. The molecule has 1 heterocycles. The lowest BCUT2D eigenvalue weighted by Crippen LogP contribution is -2.54. The Labute approximate surface area is 193 Å². The van der Waals surface area contributed by atoms with Gasteiger partial charge < -0.3 is 10.1 Å². The van der Waals surface area contributed by atoms with Gasteiger partial charge in [0.15, 0.2) is 6.61 Å². The number of amides is 5. The summed E-state index contributed by atoms with van der Waals surface area (Å²) >= 11 is 0. The molecular formula is C25H18FN3O5. The molecule has 4 rings (SSSR count).